The normalized spacial score (nSPS) is 18.9. The van der Waals surface area contributed by atoms with Gasteiger partial charge in [0.25, 0.3) is 5.91 Å². The first-order chi connectivity index (χ1) is 9.49. The van der Waals surface area contributed by atoms with Crippen molar-refractivity contribution in [2.24, 2.45) is 11.5 Å². The molecule has 5 nitrogen and oxygen atoms in total. The van der Waals surface area contributed by atoms with E-state index in [9.17, 15) is 4.79 Å². The van der Waals surface area contributed by atoms with Gasteiger partial charge < -0.3 is 21.4 Å². The standard InChI is InChI=1S/C15H20N4O/c1-8-9(2)18-14-11(15(17)20)3-4-12(13(8)14)19-6-5-10(16)7-19/h3-4,10,18H,5-7,16H2,1-2H3,(H2,17,20)/t10-/m1/s1. The van der Waals surface area contributed by atoms with E-state index in [-0.39, 0.29) is 6.04 Å². The Morgan fingerprint density at radius 1 is 1.40 bits per heavy atom. The average molecular weight is 272 g/mol. The summed E-state index contributed by atoms with van der Waals surface area (Å²) < 4.78 is 0. The van der Waals surface area contributed by atoms with Crippen LogP contribution < -0.4 is 16.4 Å². The molecule has 2 heterocycles. The SMILES string of the molecule is Cc1[nH]c2c(C(N)=O)ccc(N3CC[C@@H](N)C3)c2c1C. The number of nitrogens with two attached hydrogens (primary N) is 2. The lowest BCUT2D eigenvalue weighted by Crippen LogP contribution is -2.26. The number of benzene rings is 1. The van der Waals surface area contributed by atoms with E-state index in [1.165, 1.54) is 5.56 Å². The molecule has 5 heteroatoms. The fourth-order valence-electron chi connectivity index (χ4n) is 3.04. The zero-order valence-electron chi connectivity index (χ0n) is 11.9. The summed E-state index contributed by atoms with van der Waals surface area (Å²) in [6, 6.07) is 4.01. The third-order valence-corrected chi connectivity index (χ3v) is 4.26. The summed E-state index contributed by atoms with van der Waals surface area (Å²) in [6.45, 7) is 5.89. The van der Waals surface area contributed by atoms with Crippen molar-refractivity contribution in [3.8, 4) is 0 Å². The maximum atomic E-state index is 11.6. The molecule has 1 aliphatic heterocycles. The first kappa shape index (κ1) is 13.0. The van der Waals surface area contributed by atoms with Crippen molar-refractivity contribution in [2.45, 2.75) is 26.3 Å². The number of hydrogen-bond donors (Lipinski definition) is 3. The quantitative estimate of drug-likeness (QED) is 0.772. The number of carbonyl (C=O) groups is 1. The molecule has 5 N–H and O–H groups in total. The zero-order chi connectivity index (χ0) is 14.4. The number of aryl methyl sites for hydroxylation is 2. The van der Waals surface area contributed by atoms with E-state index in [1.807, 2.05) is 13.0 Å². The van der Waals surface area contributed by atoms with Gasteiger partial charge in [0.1, 0.15) is 0 Å². The molecule has 1 aliphatic rings. The van der Waals surface area contributed by atoms with Gasteiger partial charge in [-0.2, -0.15) is 0 Å². The Morgan fingerprint density at radius 2 is 2.15 bits per heavy atom. The van der Waals surface area contributed by atoms with Crippen LogP contribution in [0.5, 0.6) is 0 Å². The van der Waals surface area contributed by atoms with Crippen LogP contribution in [-0.4, -0.2) is 30.0 Å². The molecule has 2 aromatic rings. The van der Waals surface area contributed by atoms with Crippen LogP contribution in [0.25, 0.3) is 10.9 Å². The van der Waals surface area contributed by atoms with E-state index in [0.29, 0.717) is 5.56 Å². The van der Waals surface area contributed by atoms with Gasteiger partial charge in [0, 0.05) is 35.9 Å². The Balaban J connectivity index is 2.24. The third-order valence-electron chi connectivity index (χ3n) is 4.26. The highest BCUT2D eigenvalue weighted by atomic mass is 16.1. The molecular formula is C15H20N4O. The molecule has 0 radical (unpaired) electrons. The van der Waals surface area contributed by atoms with Gasteiger partial charge in [-0.3, -0.25) is 4.79 Å². The zero-order valence-corrected chi connectivity index (χ0v) is 11.9. The van der Waals surface area contributed by atoms with Crippen molar-refractivity contribution in [1.29, 1.82) is 0 Å². The minimum Gasteiger partial charge on any atom is -0.369 e. The molecule has 0 saturated carbocycles. The molecule has 1 amide bonds. The van der Waals surface area contributed by atoms with Gasteiger partial charge >= 0.3 is 0 Å². The lowest BCUT2D eigenvalue weighted by atomic mass is 10.1. The molecule has 0 spiro atoms. The van der Waals surface area contributed by atoms with Crippen LogP contribution in [-0.2, 0) is 0 Å². The largest absolute Gasteiger partial charge is 0.369 e. The van der Waals surface area contributed by atoms with Crippen LogP contribution in [0.2, 0.25) is 0 Å². The van der Waals surface area contributed by atoms with Crippen molar-refractivity contribution in [3.05, 3.63) is 29.0 Å². The highest BCUT2D eigenvalue weighted by Gasteiger charge is 2.24. The van der Waals surface area contributed by atoms with E-state index in [0.717, 1.165) is 41.8 Å². The van der Waals surface area contributed by atoms with Crippen LogP contribution in [0.3, 0.4) is 0 Å². The van der Waals surface area contributed by atoms with Crippen LogP contribution in [0.15, 0.2) is 12.1 Å². The minimum absolute atomic E-state index is 0.223. The lowest BCUT2D eigenvalue weighted by Gasteiger charge is -2.20. The van der Waals surface area contributed by atoms with Crippen LogP contribution in [0.4, 0.5) is 5.69 Å². The lowest BCUT2D eigenvalue weighted by molar-refractivity contribution is 0.100. The smallest absolute Gasteiger partial charge is 0.250 e. The van der Waals surface area contributed by atoms with Gasteiger partial charge in [-0.1, -0.05) is 0 Å². The monoisotopic (exact) mass is 272 g/mol. The van der Waals surface area contributed by atoms with Crippen molar-refractivity contribution in [3.63, 3.8) is 0 Å². The molecule has 0 unspecified atom stereocenters. The molecule has 1 aromatic heterocycles. The number of hydrogen-bond acceptors (Lipinski definition) is 3. The second-order valence-electron chi connectivity index (χ2n) is 5.62. The summed E-state index contributed by atoms with van der Waals surface area (Å²) in [5.41, 5.74) is 16.2. The van der Waals surface area contributed by atoms with Crippen molar-refractivity contribution >= 4 is 22.5 Å². The highest BCUT2D eigenvalue weighted by Crippen LogP contribution is 2.34. The summed E-state index contributed by atoms with van der Waals surface area (Å²) in [5.74, 6) is -0.402. The number of primary amides is 1. The van der Waals surface area contributed by atoms with Crippen molar-refractivity contribution < 1.29 is 4.79 Å². The summed E-state index contributed by atoms with van der Waals surface area (Å²) in [4.78, 5) is 17.2. The Morgan fingerprint density at radius 3 is 2.75 bits per heavy atom. The summed E-state index contributed by atoms with van der Waals surface area (Å²) in [7, 11) is 0. The Kier molecular flexibility index (Phi) is 2.94. The fourth-order valence-corrected chi connectivity index (χ4v) is 3.04. The number of fused-ring (bicyclic) bond motifs is 1. The molecular weight excluding hydrogens is 252 g/mol. The third kappa shape index (κ3) is 1.86. The maximum Gasteiger partial charge on any atom is 0.250 e. The summed E-state index contributed by atoms with van der Waals surface area (Å²) >= 11 is 0. The minimum atomic E-state index is -0.402. The molecule has 1 atom stereocenters. The van der Waals surface area contributed by atoms with Crippen LogP contribution in [0.1, 0.15) is 28.0 Å². The molecule has 3 rings (SSSR count). The molecule has 0 bridgehead atoms. The molecule has 106 valence electrons. The molecule has 1 fully saturated rings. The number of amides is 1. The highest BCUT2D eigenvalue weighted by molar-refractivity contribution is 6.10. The second kappa shape index (κ2) is 4.52. The van der Waals surface area contributed by atoms with Crippen molar-refractivity contribution in [1.82, 2.24) is 4.98 Å². The molecule has 1 aromatic carbocycles. The van der Waals surface area contributed by atoms with Crippen LogP contribution in [0, 0.1) is 13.8 Å². The topological polar surface area (TPSA) is 88.1 Å². The fraction of sp³-hybridized carbons (Fsp3) is 0.400. The van der Waals surface area contributed by atoms with E-state index in [1.54, 1.807) is 6.07 Å². The summed E-state index contributed by atoms with van der Waals surface area (Å²) in [5, 5.41) is 1.09. The number of aromatic nitrogens is 1. The van der Waals surface area contributed by atoms with Gasteiger partial charge in [-0.15, -0.1) is 0 Å². The number of aromatic amines is 1. The molecule has 20 heavy (non-hydrogen) atoms. The van der Waals surface area contributed by atoms with E-state index >= 15 is 0 Å². The van der Waals surface area contributed by atoms with Gasteiger partial charge in [0.2, 0.25) is 0 Å². The predicted octanol–water partition coefficient (Wildman–Crippen LogP) is 1.42. The Bertz CT molecular complexity index is 689. The summed E-state index contributed by atoms with van der Waals surface area (Å²) in [6.07, 6.45) is 1.00. The number of rotatable bonds is 2. The average Bonchev–Trinajstić information content (AvgIpc) is 2.94. The van der Waals surface area contributed by atoms with Gasteiger partial charge in [0.05, 0.1) is 11.1 Å². The first-order valence-corrected chi connectivity index (χ1v) is 6.91. The Hall–Kier alpha value is -2.01. The van der Waals surface area contributed by atoms with Crippen LogP contribution >= 0.6 is 0 Å². The molecule has 0 aliphatic carbocycles. The number of H-pyrrole nitrogens is 1. The number of nitrogens with one attached hydrogen (secondary N) is 1. The Labute approximate surface area is 117 Å². The molecule has 1 saturated heterocycles. The number of carbonyl (C=O) groups excluding carboxylic acids is 1. The first-order valence-electron chi connectivity index (χ1n) is 6.91. The maximum absolute atomic E-state index is 11.6. The van der Waals surface area contributed by atoms with Gasteiger partial charge in [-0.25, -0.2) is 0 Å². The predicted molar refractivity (Wildman–Crippen MR) is 81.1 cm³/mol. The van der Waals surface area contributed by atoms with Gasteiger partial charge in [0.15, 0.2) is 0 Å². The van der Waals surface area contributed by atoms with Crippen molar-refractivity contribution in [2.75, 3.05) is 18.0 Å². The van der Waals surface area contributed by atoms with Gasteiger partial charge in [-0.05, 0) is 38.0 Å². The van der Waals surface area contributed by atoms with E-state index in [2.05, 4.69) is 16.8 Å². The van der Waals surface area contributed by atoms with E-state index in [4.69, 9.17) is 11.5 Å². The van der Waals surface area contributed by atoms with E-state index < -0.39 is 5.91 Å². The number of nitrogens with zero attached hydrogens (tertiary/aromatic N) is 1. The number of anilines is 1. The second-order valence-corrected chi connectivity index (χ2v) is 5.62.